The van der Waals surface area contributed by atoms with E-state index in [2.05, 4.69) is 10.2 Å². The maximum absolute atomic E-state index is 8.71. The van der Waals surface area contributed by atoms with Gasteiger partial charge in [0.1, 0.15) is 5.75 Å². The van der Waals surface area contributed by atoms with Crippen LogP contribution < -0.4 is 4.74 Å². The average Bonchev–Trinajstić information content (AvgIpc) is 2.79. The average molecular weight is 289 g/mol. The normalized spacial score (nSPS) is 10.6. The van der Waals surface area contributed by atoms with Gasteiger partial charge in [-0.2, -0.15) is 0 Å². The molecular formula is C11H10Cl2N2O3. The zero-order chi connectivity index (χ0) is 13.0. The largest absolute Gasteiger partial charge is 0.482 e. The molecule has 96 valence electrons. The van der Waals surface area contributed by atoms with Crippen molar-refractivity contribution in [1.29, 1.82) is 0 Å². The fourth-order valence-electron chi connectivity index (χ4n) is 1.27. The molecule has 0 aliphatic rings. The second-order valence-corrected chi connectivity index (χ2v) is 4.27. The number of rotatable bonds is 5. The summed E-state index contributed by atoms with van der Waals surface area (Å²) in [6, 6.07) is 4.92. The van der Waals surface area contributed by atoms with Gasteiger partial charge in [-0.05, 0) is 12.1 Å². The number of ether oxygens (including phenoxy) is 1. The minimum absolute atomic E-state index is 0.0391. The van der Waals surface area contributed by atoms with Crippen LogP contribution in [0.4, 0.5) is 0 Å². The molecule has 0 atom stereocenters. The van der Waals surface area contributed by atoms with Gasteiger partial charge < -0.3 is 14.3 Å². The highest BCUT2D eigenvalue weighted by Gasteiger charge is 2.08. The number of aliphatic hydroxyl groups is 1. The summed E-state index contributed by atoms with van der Waals surface area (Å²) in [4.78, 5) is 0. The zero-order valence-electron chi connectivity index (χ0n) is 9.27. The summed E-state index contributed by atoms with van der Waals surface area (Å²) in [5.41, 5.74) is 0. The van der Waals surface area contributed by atoms with Gasteiger partial charge in [0.15, 0.2) is 6.61 Å². The van der Waals surface area contributed by atoms with Gasteiger partial charge >= 0.3 is 0 Å². The smallest absolute Gasteiger partial charge is 0.253 e. The molecular weight excluding hydrogens is 279 g/mol. The first kappa shape index (κ1) is 13.1. The standard InChI is InChI=1S/C11H10Cl2N2O3/c12-7-1-2-8(13)9(5-7)17-6-11-15-14-10(18-11)3-4-16/h1-2,5,16H,3-4,6H2. The molecule has 0 saturated carbocycles. The summed E-state index contributed by atoms with van der Waals surface area (Å²) in [5, 5.41) is 17.2. The molecule has 0 aliphatic carbocycles. The van der Waals surface area contributed by atoms with Crippen LogP contribution in [0.15, 0.2) is 22.6 Å². The Morgan fingerprint density at radius 2 is 2.00 bits per heavy atom. The molecule has 7 heteroatoms. The van der Waals surface area contributed by atoms with Crippen LogP contribution in [-0.2, 0) is 13.0 Å². The molecule has 0 aliphatic heterocycles. The lowest BCUT2D eigenvalue weighted by atomic mass is 10.3. The number of nitrogens with zero attached hydrogens (tertiary/aromatic N) is 2. The number of hydrogen-bond acceptors (Lipinski definition) is 5. The maximum Gasteiger partial charge on any atom is 0.253 e. The van der Waals surface area contributed by atoms with Gasteiger partial charge in [-0.1, -0.05) is 23.2 Å². The zero-order valence-corrected chi connectivity index (χ0v) is 10.8. The molecule has 2 rings (SSSR count). The van der Waals surface area contributed by atoms with E-state index in [4.69, 9.17) is 37.5 Å². The molecule has 0 fully saturated rings. The third-order valence-corrected chi connectivity index (χ3v) is 2.63. The van der Waals surface area contributed by atoms with Crippen molar-refractivity contribution in [3.8, 4) is 5.75 Å². The lowest BCUT2D eigenvalue weighted by Gasteiger charge is -2.05. The van der Waals surface area contributed by atoms with Gasteiger partial charge in [-0.25, -0.2) is 0 Å². The molecule has 0 saturated heterocycles. The number of aromatic nitrogens is 2. The minimum Gasteiger partial charge on any atom is -0.482 e. The highest BCUT2D eigenvalue weighted by Crippen LogP contribution is 2.28. The Labute approximate surface area is 113 Å². The molecule has 1 heterocycles. The predicted octanol–water partition coefficient (Wildman–Crippen LogP) is 2.49. The van der Waals surface area contributed by atoms with Crippen LogP contribution in [0.3, 0.4) is 0 Å². The van der Waals surface area contributed by atoms with Crippen molar-refractivity contribution < 1.29 is 14.3 Å². The van der Waals surface area contributed by atoms with Crippen LogP contribution in [0.1, 0.15) is 11.8 Å². The molecule has 5 nitrogen and oxygen atoms in total. The van der Waals surface area contributed by atoms with Crippen molar-refractivity contribution >= 4 is 23.2 Å². The highest BCUT2D eigenvalue weighted by atomic mass is 35.5. The van der Waals surface area contributed by atoms with Gasteiger partial charge in [0.25, 0.3) is 5.89 Å². The van der Waals surface area contributed by atoms with Crippen LogP contribution in [-0.4, -0.2) is 21.9 Å². The van der Waals surface area contributed by atoms with E-state index in [1.54, 1.807) is 18.2 Å². The first-order valence-corrected chi connectivity index (χ1v) is 5.94. The quantitative estimate of drug-likeness (QED) is 0.915. The van der Waals surface area contributed by atoms with Crippen LogP contribution in [0.2, 0.25) is 10.0 Å². The van der Waals surface area contributed by atoms with E-state index in [0.717, 1.165) is 0 Å². The molecule has 0 spiro atoms. The monoisotopic (exact) mass is 288 g/mol. The first-order chi connectivity index (χ1) is 8.69. The number of aliphatic hydroxyl groups excluding tert-OH is 1. The Hall–Kier alpha value is -1.30. The van der Waals surface area contributed by atoms with Crippen molar-refractivity contribution in [2.24, 2.45) is 0 Å². The minimum atomic E-state index is -0.0391. The van der Waals surface area contributed by atoms with E-state index < -0.39 is 0 Å². The van der Waals surface area contributed by atoms with Gasteiger partial charge in [0.2, 0.25) is 5.89 Å². The number of hydrogen-bond donors (Lipinski definition) is 1. The lowest BCUT2D eigenvalue weighted by Crippen LogP contribution is -1.96. The summed E-state index contributed by atoms with van der Waals surface area (Å²) in [6.45, 7) is 0.0566. The summed E-state index contributed by atoms with van der Waals surface area (Å²) in [7, 11) is 0. The van der Waals surface area contributed by atoms with Gasteiger partial charge in [-0.15, -0.1) is 10.2 Å². The van der Waals surface area contributed by atoms with Crippen molar-refractivity contribution in [2.75, 3.05) is 6.61 Å². The molecule has 0 amide bonds. The van der Waals surface area contributed by atoms with Crippen molar-refractivity contribution in [1.82, 2.24) is 10.2 Å². The van der Waals surface area contributed by atoms with E-state index in [0.29, 0.717) is 34.0 Å². The second kappa shape index (κ2) is 6.04. The van der Waals surface area contributed by atoms with Gasteiger partial charge in [0, 0.05) is 17.5 Å². The topological polar surface area (TPSA) is 68.4 Å². The molecule has 2 aromatic rings. The summed E-state index contributed by atoms with van der Waals surface area (Å²) in [6.07, 6.45) is 0.324. The van der Waals surface area contributed by atoms with Crippen molar-refractivity contribution in [3.63, 3.8) is 0 Å². The summed E-state index contributed by atoms with van der Waals surface area (Å²) in [5.74, 6) is 1.13. The van der Waals surface area contributed by atoms with Crippen LogP contribution in [0.5, 0.6) is 5.75 Å². The molecule has 0 radical (unpaired) electrons. The Bertz CT molecular complexity index is 531. The molecule has 1 aromatic heterocycles. The molecule has 0 unspecified atom stereocenters. The van der Waals surface area contributed by atoms with E-state index in [1.165, 1.54) is 0 Å². The SMILES string of the molecule is OCCc1nnc(COc2cc(Cl)ccc2Cl)o1. The fourth-order valence-corrected chi connectivity index (χ4v) is 1.60. The highest BCUT2D eigenvalue weighted by molar-refractivity contribution is 6.34. The Balaban J connectivity index is 1.99. The summed E-state index contributed by atoms with van der Waals surface area (Å²) >= 11 is 11.8. The van der Waals surface area contributed by atoms with Crippen LogP contribution in [0, 0.1) is 0 Å². The fraction of sp³-hybridized carbons (Fsp3) is 0.273. The Kier molecular flexibility index (Phi) is 4.41. The number of halogens is 2. The second-order valence-electron chi connectivity index (χ2n) is 3.43. The lowest BCUT2D eigenvalue weighted by molar-refractivity contribution is 0.250. The van der Waals surface area contributed by atoms with E-state index in [9.17, 15) is 0 Å². The first-order valence-electron chi connectivity index (χ1n) is 5.19. The third kappa shape index (κ3) is 3.35. The predicted molar refractivity (Wildman–Crippen MR) is 65.9 cm³/mol. The summed E-state index contributed by atoms with van der Waals surface area (Å²) < 4.78 is 10.7. The van der Waals surface area contributed by atoms with Crippen molar-refractivity contribution in [2.45, 2.75) is 13.0 Å². The Morgan fingerprint density at radius 1 is 1.22 bits per heavy atom. The number of benzene rings is 1. The van der Waals surface area contributed by atoms with E-state index in [-0.39, 0.29) is 13.2 Å². The van der Waals surface area contributed by atoms with Crippen molar-refractivity contribution in [3.05, 3.63) is 40.0 Å². The van der Waals surface area contributed by atoms with Gasteiger partial charge in [-0.3, -0.25) is 0 Å². The van der Waals surface area contributed by atoms with Crippen LogP contribution >= 0.6 is 23.2 Å². The Morgan fingerprint density at radius 3 is 2.78 bits per heavy atom. The van der Waals surface area contributed by atoms with E-state index >= 15 is 0 Å². The van der Waals surface area contributed by atoms with Crippen LogP contribution in [0.25, 0.3) is 0 Å². The molecule has 1 N–H and O–H groups in total. The molecule has 1 aromatic carbocycles. The van der Waals surface area contributed by atoms with E-state index in [1.807, 2.05) is 0 Å². The molecule has 18 heavy (non-hydrogen) atoms. The maximum atomic E-state index is 8.71. The molecule has 0 bridgehead atoms. The third-order valence-electron chi connectivity index (χ3n) is 2.08. The van der Waals surface area contributed by atoms with Gasteiger partial charge in [0.05, 0.1) is 11.6 Å².